The summed E-state index contributed by atoms with van der Waals surface area (Å²) in [5, 5.41) is 7.55. The Morgan fingerprint density at radius 1 is 1.28 bits per heavy atom. The van der Waals surface area contributed by atoms with Crippen LogP contribution < -0.4 is 15.4 Å². The summed E-state index contributed by atoms with van der Waals surface area (Å²) in [4.78, 5) is 20.8. The molecular weight excluding hydrogens is 398 g/mol. The number of carbonyl (C=O) groups is 1. The minimum atomic E-state index is -0.727. The van der Waals surface area contributed by atoms with Gasteiger partial charge in [-0.2, -0.15) is 0 Å². The Hall–Kier alpha value is -2.91. The molecule has 1 aromatic carbocycles. The minimum Gasteiger partial charge on any atom is -0.487 e. The first-order valence-electron chi connectivity index (χ1n) is 9.14. The van der Waals surface area contributed by atoms with Crippen LogP contribution in [0.3, 0.4) is 0 Å². The number of hydrogen-bond acceptors (Lipinski definition) is 6. The van der Waals surface area contributed by atoms with Gasteiger partial charge in [-0.3, -0.25) is 9.78 Å². The van der Waals surface area contributed by atoms with E-state index >= 15 is 0 Å². The van der Waals surface area contributed by atoms with E-state index in [4.69, 9.17) is 4.74 Å². The van der Waals surface area contributed by atoms with Crippen molar-refractivity contribution in [2.45, 2.75) is 18.9 Å². The number of nitrogens with zero attached hydrogens (tertiary/aromatic N) is 2. The molecule has 3 heterocycles. The summed E-state index contributed by atoms with van der Waals surface area (Å²) in [7, 11) is 0. The van der Waals surface area contributed by atoms with Crippen LogP contribution in [0.15, 0.2) is 42.0 Å². The monoisotopic (exact) mass is 416 g/mol. The second-order valence-electron chi connectivity index (χ2n) is 6.55. The average molecular weight is 416 g/mol. The maximum absolute atomic E-state index is 14.0. The fourth-order valence-electron chi connectivity index (χ4n) is 3.06. The van der Waals surface area contributed by atoms with Gasteiger partial charge in [0.25, 0.3) is 5.91 Å². The lowest BCUT2D eigenvalue weighted by molar-refractivity contribution is 0.102. The third-order valence-corrected chi connectivity index (χ3v) is 5.35. The third kappa shape index (κ3) is 4.41. The Bertz CT molecular complexity index is 1000. The Morgan fingerprint density at radius 3 is 2.86 bits per heavy atom. The molecule has 0 saturated carbocycles. The van der Waals surface area contributed by atoms with Gasteiger partial charge in [-0.15, -0.1) is 11.3 Å². The molecule has 1 atom stereocenters. The standard InChI is InChI=1S/C20H18F2N4O2S/c21-13-4-1-5-14(22)18(13)20-26-16(11-29-20)19(27)25-15-10-24-8-6-17(15)28-12-3-2-7-23-9-12/h1,4-6,8,10-12,23H,2-3,7,9H2,(H,25,27). The van der Waals surface area contributed by atoms with Gasteiger partial charge >= 0.3 is 0 Å². The third-order valence-electron chi connectivity index (χ3n) is 4.49. The first-order valence-corrected chi connectivity index (χ1v) is 10.0. The van der Waals surface area contributed by atoms with Gasteiger partial charge < -0.3 is 15.4 Å². The summed E-state index contributed by atoms with van der Waals surface area (Å²) in [6, 6.07) is 5.27. The molecule has 150 valence electrons. The molecule has 0 radical (unpaired) electrons. The number of anilines is 1. The molecule has 2 aromatic heterocycles. The van der Waals surface area contributed by atoms with Crippen molar-refractivity contribution in [3.05, 3.63) is 59.4 Å². The average Bonchev–Trinajstić information content (AvgIpc) is 3.20. The molecular formula is C20H18F2N4O2S. The van der Waals surface area contributed by atoms with Gasteiger partial charge in [0.15, 0.2) is 0 Å². The number of amides is 1. The summed E-state index contributed by atoms with van der Waals surface area (Å²) in [6.07, 6.45) is 5.03. The first kappa shape index (κ1) is 19.4. The van der Waals surface area contributed by atoms with E-state index in [0.29, 0.717) is 11.4 Å². The maximum atomic E-state index is 14.0. The van der Waals surface area contributed by atoms with E-state index in [0.717, 1.165) is 49.4 Å². The predicted octanol–water partition coefficient (Wildman–Crippen LogP) is 3.87. The van der Waals surface area contributed by atoms with Crippen molar-refractivity contribution in [1.82, 2.24) is 15.3 Å². The van der Waals surface area contributed by atoms with Gasteiger partial charge in [-0.05, 0) is 31.5 Å². The lowest BCUT2D eigenvalue weighted by atomic mass is 10.1. The van der Waals surface area contributed by atoms with Gasteiger partial charge in [-0.1, -0.05) is 6.07 Å². The second-order valence-corrected chi connectivity index (χ2v) is 7.40. The van der Waals surface area contributed by atoms with Crippen LogP contribution in [0.5, 0.6) is 5.75 Å². The van der Waals surface area contributed by atoms with Gasteiger partial charge in [-0.25, -0.2) is 13.8 Å². The molecule has 6 nitrogen and oxygen atoms in total. The molecule has 9 heteroatoms. The number of ether oxygens (including phenoxy) is 1. The largest absolute Gasteiger partial charge is 0.487 e. The normalized spacial score (nSPS) is 16.4. The molecule has 1 aliphatic heterocycles. The molecule has 1 saturated heterocycles. The number of pyridine rings is 1. The highest BCUT2D eigenvalue weighted by Crippen LogP contribution is 2.30. The number of aromatic nitrogens is 2. The Labute approximate surface area is 170 Å². The number of piperidine rings is 1. The Balaban J connectivity index is 1.51. The van der Waals surface area contributed by atoms with Crippen LogP contribution in [0.25, 0.3) is 10.6 Å². The Kier molecular flexibility index (Phi) is 5.77. The Morgan fingerprint density at radius 2 is 2.10 bits per heavy atom. The van der Waals surface area contributed by atoms with Crippen molar-refractivity contribution >= 4 is 22.9 Å². The lowest BCUT2D eigenvalue weighted by Crippen LogP contribution is -2.37. The molecule has 0 spiro atoms. The zero-order valence-electron chi connectivity index (χ0n) is 15.3. The highest BCUT2D eigenvalue weighted by molar-refractivity contribution is 7.13. The molecule has 29 heavy (non-hydrogen) atoms. The van der Waals surface area contributed by atoms with Gasteiger partial charge in [0, 0.05) is 24.2 Å². The van der Waals surface area contributed by atoms with Crippen molar-refractivity contribution in [1.29, 1.82) is 0 Å². The van der Waals surface area contributed by atoms with Gasteiger partial charge in [0.1, 0.15) is 39.9 Å². The fourth-order valence-corrected chi connectivity index (χ4v) is 3.91. The van der Waals surface area contributed by atoms with E-state index in [1.807, 2.05) is 0 Å². The van der Waals surface area contributed by atoms with E-state index in [1.165, 1.54) is 17.6 Å². The van der Waals surface area contributed by atoms with Crippen LogP contribution in [0.1, 0.15) is 23.3 Å². The van der Waals surface area contributed by atoms with Crippen LogP contribution in [0.2, 0.25) is 0 Å². The SMILES string of the molecule is O=C(Nc1cnccc1OC1CCCNC1)c1csc(-c2c(F)cccc2F)n1. The summed E-state index contributed by atoms with van der Waals surface area (Å²) < 4.78 is 33.9. The summed E-state index contributed by atoms with van der Waals surface area (Å²) in [5.41, 5.74) is 0.225. The van der Waals surface area contributed by atoms with Crippen molar-refractivity contribution in [3.8, 4) is 16.3 Å². The van der Waals surface area contributed by atoms with Crippen LogP contribution in [-0.2, 0) is 0 Å². The first-order chi connectivity index (χ1) is 14.1. The van der Waals surface area contributed by atoms with E-state index in [1.54, 1.807) is 12.3 Å². The molecule has 3 aromatic rings. The van der Waals surface area contributed by atoms with Crippen LogP contribution in [0, 0.1) is 11.6 Å². The molecule has 1 aliphatic rings. The molecule has 0 bridgehead atoms. The number of halogens is 2. The molecule has 1 unspecified atom stereocenters. The molecule has 1 amide bonds. The highest BCUT2D eigenvalue weighted by Gasteiger charge is 2.20. The molecule has 0 aliphatic carbocycles. The smallest absolute Gasteiger partial charge is 0.275 e. The number of nitrogens with one attached hydrogen (secondary N) is 2. The number of benzene rings is 1. The van der Waals surface area contributed by atoms with E-state index < -0.39 is 17.5 Å². The number of thiazole rings is 1. The zero-order valence-corrected chi connectivity index (χ0v) is 16.1. The molecule has 4 rings (SSSR count). The molecule has 2 N–H and O–H groups in total. The van der Waals surface area contributed by atoms with Crippen molar-refractivity contribution in [2.24, 2.45) is 0 Å². The zero-order chi connectivity index (χ0) is 20.2. The highest BCUT2D eigenvalue weighted by atomic mass is 32.1. The maximum Gasteiger partial charge on any atom is 0.275 e. The van der Waals surface area contributed by atoms with E-state index in [9.17, 15) is 13.6 Å². The fraction of sp³-hybridized carbons (Fsp3) is 0.250. The van der Waals surface area contributed by atoms with Crippen LogP contribution >= 0.6 is 11.3 Å². The van der Waals surface area contributed by atoms with Crippen LogP contribution in [-0.4, -0.2) is 35.1 Å². The van der Waals surface area contributed by atoms with Crippen molar-refractivity contribution in [2.75, 3.05) is 18.4 Å². The number of hydrogen-bond donors (Lipinski definition) is 2. The minimum absolute atomic E-state index is 0.0108. The second kappa shape index (κ2) is 8.62. The lowest BCUT2D eigenvalue weighted by Gasteiger charge is -2.24. The van der Waals surface area contributed by atoms with Gasteiger partial charge in [0.2, 0.25) is 0 Å². The van der Waals surface area contributed by atoms with Crippen LogP contribution in [0.4, 0.5) is 14.5 Å². The summed E-state index contributed by atoms with van der Waals surface area (Å²) >= 11 is 0.995. The summed E-state index contributed by atoms with van der Waals surface area (Å²) in [5.74, 6) is -1.45. The quantitative estimate of drug-likeness (QED) is 0.661. The number of carbonyl (C=O) groups excluding carboxylic acids is 1. The molecule has 1 fully saturated rings. The predicted molar refractivity (Wildman–Crippen MR) is 106 cm³/mol. The van der Waals surface area contributed by atoms with Crippen molar-refractivity contribution in [3.63, 3.8) is 0 Å². The topological polar surface area (TPSA) is 76.1 Å². The number of rotatable bonds is 5. The van der Waals surface area contributed by atoms with E-state index in [-0.39, 0.29) is 22.4 Å². The van der Waals surface area contributed by atoms with Gasteiger partial charge in [0.05, 0.1) is 11.8 Å². The van der Waals surface area contributed by atoms with Crippen molar-refractivity contribution < 1.29 is 18.3 Å². The summed E-state index contributed by atoms with van der Waals surface area (Å²) in [6.45, 7) is 1.70. The van der Waals surface area contributed by atoms with E-state index in [2.05, 4.69) is 20.6 Å².